The molecule has 0 bridgehead atoms. The standard InChI is InChI=1S/C22H36NO.ClH/c1-2-3-4-5-6-7-8-9-10-12-16-22(21-24)17-15-20-23-18-13-11-14-19-23;/h11,13-14,18-19H,2-10,12,15-17,20H2,1H3;1H/q+1;/p-1. The molecule has 0 saturated carbocycles. The van der Waals surface area contributed by atoms with Crippen LogP contribution in [0.3, 0.4) is 0 Å². The van der Waals surface area contributed by atoms with Crippen LogP contribution in [0.5, 0.6) is 0 Å². The summed E-state index contributed by atoms with van der Waals surface area (Å²) in [5, 5.41) is 0. The van der Waals surface area contributed by atoms with Crippen molar-refractivity contribution in [1.82, 2.24) is 0 Å². The summed E-state index contributed by atoms with van der Waals surface area (Å²) in [6, 6.07) is 6.11. The van der Waals surface area contributed by atoms with Gasteiger partial charge in [-0.15, -0.1) is 0 Å². The van der Waals surface area contributed by atoms with Crippen molar-refractivity contribution in [3.05, 3.63) is 36.2 Å². The fourth-order valence-corrected chi connectivity index (χ4v) is 3.11. The van der Waals surface area contributed by atoms with E-state index in [2.05, 4.69) is 29.8 Å². The number of rotatable bonds is 15. The second-order valence-electron chi connectivity index (χ2n) is 6.85. The minimum Gasteiger partial charge on any atom is -1.00 e. The summed E-state index contributed by atoms with van der Waals surface area (Å²) in [6.45, 7) is 3.24. The number of pyridine rings is 1. The van der Waals surface area contributed by atoms with Crippen molar-refractivity contribution in [2.45, 2.75) is 96.9 Å². The van der Waals surface area contributed by atoms with Crippen molar-refractivity contribution < 1.29 is 21.8 Å². The van der Waals surface area contributed by atoms with Gasteiger partial charge in [0.25, 0.3) is 0 Å². The van der Waals surface area contributed by atoms with Gasteiger partial charge in [-0.05, 0) is 19.3 Å². The maximum atomic E-state index is 11.1. The molecule has 0 unspecified atom stereocenters. The number of hydrogen-bond acceptors (Lipinski definition) is 1. The predicted molar refractivity (Wildman–Crippen MR) is 102 cm³/mol. The van der Waals surface area contributed by atoms with Gasteiger partial charge in [-0.1, -0.05) is 70.8 Å². The van der Waals surface area contributed by atoms with Crippen molar-refractivity contribution in [2.24, 2.45) is 0 Å². The maximum Gasteiger partial charge on any atom is 0.168 e. The molecular formula is C22H36ClNO. The van der Waals surface area contributed by atoms with Gasteiger partial charge >= 0.3 is 0 Å². The second-order valence-corrected chi connectivity index (χ2v) is 6.85. The summed E-state index contributed by atoms with van der Waals surface area (Å²) in [5.41, 5.74) is 0.978. The normalized spacial score (nSPS) is 10.1. The lowest BCUT2D eigenvalue weighted by Gasteiger charge is -2.04. The highest BCUT2D eigenvalue weighted by atomic mass is 35.5. The minimum absolute atomic E-state index is 0. The molecule has 0 saturated heterocycles. The topological polar surface area (TPSA) is 20.9 Å². The Bertz CT molecular complexity index is 454. The number of aromatic nitrogens is 1. The van der Waals surface area contributed by atoms with Crippen LogP contribution in [0.2, 0.25) is 0 Å². The minimum atomic E-state index is 0. The Balaban J connectivity index is 0.00000576. The number of hydrogen-bond donors (Lipinski definition) is 0. The molecule has 3 heteroatoms. The highest BCUT2D eigenvalue weighted by Crippen LogP contribution is 2.15. The molecule has 0 aliphatic rings. The molecule has 0 radical (unpaired) electrons. The number of aryl methyl sites for hydroxylation is 1. The van der Waals surface area contributed by atoms with Gasteiger partial charge in [0.2, 0.25) is 0 Å². The largest absolute Gasteiger partial charge is 1.00 e. The van der Waals surface area contributed by atoms with Gasteiger partial charge in [-0.3, -0.25) is 0 Å². The molecule has 142 valence electrons. The third-order valence-corrected chi connectivity index (χ3v) is 4.65. The van der Waals surface area contributed by atoms with Crippen molar-refractivity contribution >= 4 is 5.94 Å². The fourth-order valence-electron chi connectivity index (χ4n) is 3.11. The zero-order valence-corrected chi connectivity index (χ0v) is 16.8. The van der Waals surface area contributed by atoms with E-state index < -0.39 is 0 Å². The fraction of sp³-hybridized carbons (Fsp3) is 0.682. The Morgan fingerprint density at radius 3 is 1.84 bits per heavy atom. The molecule has 0 aliphatic carbocycles. The van der Waals surface area contributed by atoms with E-state index in [1.54, 1.807) is 0 Å². The summed E-state index contributed by atoms with van der Waals surface area (Å²) in [6.07, 6.45) is 20.4. The Morgan fingerprint density at radius 2 is 1.28 bits per heavy atom. The molecule has 0 spiro atoms. The SMILES string of the molecule is CCCCCCCCCCCCC(=C=O)CCC[n+]1ccccc1.[Cl-]. The second kappa shape index (κ2) is 17.7. The van der Waals surface area contributed by atoms with Crippen LogP contribution in [0, 0.1) is 0 Å². The lowest BCUT2D eigenvalue weighted by molar-refractivity contribution is -0.697. The first kappa shape index (κ1) is 23.9. The van der Waals surface area contributed by atoms with Gasteiger partial charge in [-0.2, -0.15) is 0 Å². The highest BCUT2D eigenvalue weighted by Gasteiger charge is 2.03. The van der Waals surface area contributed by atoms with Gasteiger partial charge in [0, 0.05) is 24.1 Å². The zero-order valence-electron chi connectivity index (χ0n) is 16.0. The van der Waals surface area contributed by atoms with Crippen molar-refractivity contribution in [3.63, 3.8) is 0 Å². The van der Waals surface area contributed by atoms with E-state index in [0.717, 1.165) is 37.8 Å². The van der Waals surface area contributed by atoms with Gasteiger partial charge < -0.3 is 12.4 Å². The summed E-state index contributed by atoms with van der Waals surface area (Å²) in [7, 11) is 0. The van der Waals surface area contributed by atoms with E-state index in [1.807, 2.05) is 18.2 Å². The lowest BCUT2D eigenvalue weighted by atomic mass is 10.0. The van der Waals surface area contributed by atoms with Crippen molar-refractivity contribution in [3.8, 4) is 0 Å². The molecule has 1 heterocycles. The van der Waals surface area contributed by atoms with Gasteiger partial charge in [0.1, 0.15) is 12.5 Å². The number of halogens is 1. The quantitative estimate of drug-likeness (QED) is 0.266. The zero-order chi connectivity index (χ0) is 17.3. The summed E-state index contributed by atoms with van der Waals surface area (Å²) >= 11 is 0. The average Bonchev–Trinajstić information content (AvgIpc) is 2.62. The molecule has 0 amide bonds. The Hall–Kier alpha value is -1.11. The molecule has 25 heavy (non-hydrogen) atoms. The molecule has 2 nitrogen and oxygen atoms in total. The summed E-state index contributed by atoms with van der Waals surface area (Å²) in [5.74, 6) is 2.18. The number of nitrogens with zero attached hydrogens (tertiary/aromatic N) is 1. The van der Waals surface area contributed by atoms with Crippen LogP contribution in [-0.2, 0) is 11.3 Å². The summed E-state index contributed by atoms with van der Waals surface area (Å²) in [4.78, 5) is 11.1. The number of carbonyl (C=O) groups excluding carboxylic acids is 1. The highest BCUT2D eigenvalue weighted by molar-refractivity contribution is 5.52. The molecular weight excluding hydrogens is 330 g/mol. The Labute approximate surface area is 161 Å². The van der Waals surface area contributed by atoms with Crippen molar-refractivity contribution in [2.75, 3.05) is 0 Å². The molecule has 0 aromatic carbocycles. The van der Waals surface area contributed by atoms with Crippen LogP contribution < -0.4 is 17.0 Å². The third kappa shape index (κ3) is 13.8. The van der Waals surface area contributed by atoms with Gasteiger partial charge in [-0.25, -0.2) is 9.36 Å². The van der Waals surface area contributed by atoms with Crippen LogP contribution in [0.15, 0.2) is 36.2 Å². The average molecular weight is 366 g/mol. The van der Waals surface area contributed by atoms with Crippen molar-refractivity contribution in [1.29, 1.82) is 0 Å². The van der Waals surface area contributed by atoms with E-state index in [4.69, 9.17) is 0 Å². The molecule has 1 aromatic heterocycles. The molecule has 0 fully saturated rings. The Kier molecular flexibility index (Phi) is 16.9. The number of unbranched alkanes of at least 4 members (excludes halogenated alkanes) is 9. The van der Waals surface area contributed by atoms with Gasteiger partial charge in [0.15, 0.2) is 12.4 Å². The van der Waals surface area contributed by atoms with Crippen LogP contribution in [-0.4, -0.2) is 5.94 Å². The van der Waals surface area contributed by atoms with Crippen LogP contribution in [0.4, 0.5) is 0 Å². The smallest absolute Gasteiger partial charge is 0.168 e. The first-order valence-electron chi connectivity index (χ1n) is 10.0. The van der Waals surface area contributed by atoms with E-state index in [-0.39, 0.29) is 12.4 Å². The maximum absolute atomic E-state index is 11.1. The first-order valence-corrected chi connectivity index (χ1v) is 10.0. The first-order chi connectivity index (χ1) is 11.9. The molecule has 0 aliphatic heterocycles. The van der Waals surface area contributed by atoms with Crippen LogP contribution in [0.1, 0.15) is 90.4 Å². The van der Waals surface area contributed by atoms with E-state index in [9.17, 15) is 4.79 Å². The molecule has 0 N–H and O–H groups in total. The van der Waals surface area contributed by atoms with E-state index in [0.29, 0.717) is 0 Å². The molecule has 0 atom stereocenters. The summed E-state index contributed by atoms with van der Waals surface area (Å²) < 4.78 is 2.17. The predicted octanol–water partition coefficient (Wildman–Crippen LogP) is 2.83. The van der Waals surface area contributed by atoms with Crippen LogP contribution in [0.25, 0.3) is 0 Å². The Morgan fingerprint density at radius 1 is 0.760 bits per heavy atom. The number of allylic oxidation sites excluding steroid dienone is 1. The molecule has 1 rings (SSSR count). The van der Waals surface area contributed by atoms with E-state index in [1.165, 1.54) is 57.8 Å². The molecule has 1 aromatic rings. The van der Waals surface area contributed by atoms with Crippen LogP contribution >= 0.6 is 0 Å². The van der Waals surface area contributed by atoms with Gasteiger partial charge in [0.05, 0.1) is 0 Å². The monoisotopic (exact) mass is 365 g/mol. The third-order valence-electron chi connectivity index (χ3n) is 4.65. The van der Waals surface area contributed by atoms with E-state index >= 15 is 0 Å². The lowest BCUT2D eigenvalue weighted by Crippen LogP contribution is -3.00.